The van der Waals surface area contributed by atoms with Crippen LogP contribution in [0.15, 0.2) is 34.5 Å². The summed E-state index contributed by atoms with van der Waals surface area (Å²) in [6.07, 6.45) is 0. The van der Waals surface area contributed by atoms with Crippen molar-refractivity contribution in [3.05, 3.63) is 45.4 Å². The van der Waals surface area contributed by atoms with E-state index in [-0.39, 0.29) is 5.91 Å². The van der Waals surface area contributed by atoms with Gasteiger partial charge < -0.3 is 0 Å². The van der Waals surface area contributed by atoms with Crippen LogP contribution in [0, 0.1) is 0 Å². The first-order valence-corrected chi connectivity index (χ1v) is 7.27. The van der Waals surface area contributed by atoms with Crippen LogP contribution in [0.3, 0.4) is 0 Å². The number of hydrazine groups is 1. The topological polar surface area (TPSA) is 68.0 Å². The van der Waals surface area contributed by atoms with Gasteiger partial charge in [0.15, 0.2) is 5.01 Å². The molecule has 0 unspecified atom stereocenters. The minimum absolute atomic E-state index is 0.367. The minimum Gasteiger partial charge on any atom is -0.288 e. The van der Waals surface area contributed by atoms with Gasteiger partial charge in [0.1, 0.15) is 0 Å². The number of nitrogens with one attached hydrogen (secondary N) is 1. The molecule has 0 atom stereocenters. The van der Waals surface area contributed by atoms with Crippen LogP contribution in [0.2, 0.25) is 5.02 Å². The molecule has 0 aliphatic carbocycles. The molecule has 1 aromatic carbocycles. The molecule has 0 aliphatic rings. The molecular formula is C11H10ClN3OS2. The van der Waals surface area contributed by atoms with Gasteiger partial charge in [-0.1, -0.05) is 23.7 Å². The number of thioether (sulfide) groups is 1. The summed E-state index contributed by atoms with van der Waals surface area (Å²) in [6.45, 7) is 0. The zero-order valence-electron chi connectivity index (χ0n) is 9.22. The molecule has 4 nitrogen and oxygen atoms in total. The number of nitrogens with zero attached hydrogens (tertiary/aromatic N) is 1. The summed E-state index contributed by atoms with van der Waals surface area (Å²) < 4.78 is 0. The Morgan fingerprint density at radius 3 is 3.00 bits per heavy atom. The van der Waals surface area contributed by atoms with Crippen LogP contribution in [-0.2, 0) is 5.75 Å². The lowest BCUT2D eigenvalue weighted by Gasteiger charge is -2.01. The predicted molar refractivity (Wildman–Crippen MR) is 74.8 cm³/mol. The SMILES string of the molecule is NNC(=O)c1nc(CSc2ccccc2Cl)cs1. The van der Waals surface area contributed by atoms with E-state index in [4.69, 9.17) is 17.4 Å². The first-order valence-electron chi connectivity index (χ1n) is 5.03. The molecule has 0 fully saturated rings. The third-order valence-corrected chi connectivity index (χ3v) is 4.53. The van der Waals surface area contributed by atoms with E-state index in [0.29, 0.717) is 10.8 Å². The van der Waals surface area contributed by atoms with E-state index in [1.165, 1.54) is 11.3 Å². The lowest BCUT2D eigenvalue weighted by molar-refractivity contribution is 0.0953. The average molecular weight is 300 g/mol. The Balaban J connectivity index is 2.01. The maximum absolute atomic E-state index is 11.2. The Bertz CT molecular complexity index is 559. The highest BCUT2D eigenvalue weighted by Crippen LogP contribution is 2.29. The molecule has 1 heterocycles. The molecule has 94 valence electrons. The van der Waals surface area contributed by atoms with Gasteiger partial charge in [-0.05, 0) is 12.1 Å². The Kier molecular flexibility index (Phi) is 4.60. The van der Waals surface area contributed by atoms with Gasteiger partial charge in [0, 0.05) is 16.0 Å². The first kappa shape index (κ1) is 13.4. The molecule has 0 spiro atoms. The van der Waals surface area contributed by atoms with Crippen LogP contribution in [0.4, 0.5) is 0 Å². The van der Waals surface area contributed by atoms with Crippen molar-refractivity contribution in [3.8, 4) is 0 Å². The van der Waals surface area contributed by atoms with Gasteiger partial charge >= 0.3 is 0 Å². The minimum atomic E-state index is -0.367. The molecule has 0 saturated heterocycles. The van der Waals surface area contributed by atoms with Crippen LogP contribution in [0.5, 0.6) is 0 Å². The van der Waals surface area contributed by atoms with E-state index >= 15 is 0 Å². The van der Waals surface area contributed by atoms with E-state index in [1.54, 1.807) is 11.8 Å². The first-order chi connectivity index (χ1) is 8.70. The van der Waals surface area contributed by atoms with Gasteiger partial charge in [-0.3, -0.25) is 10.2 Å². The predicted octanol–water partition coefficient (Wildman–Crippen LogP) is 2.69. The van der Waals surface area contributed by atoms with Crippen molar-refractivity contribution in [2.75, 3.05) is 0 Å². The maximum Gasteiger partial charge on any atom is 0.294 e. The Morgan fingerprint density at radius 1 is 1.50 bits per heavy atom. The number of halogens is 1. The highest BCUT2D eigenvalue weighted by molar-refractivity contribution is 7.98. The normalized spacial score (nSPS) is 10.3. The van der Waals surface area contributed by atoms with Crippen LogP contribution in [0.25, 0.3) is 0 Å². The van der Waals surface area contributed by atoms with Gasteiger partial charge in [0.05, 0.1) is 10.7 Å². The molecule has 2 aromatic rings. The number of carbonyl (C=O) groups excluding carboxylic acids is 1. The van der Waals surface area contributed by atoms with E-state index in [2.05, 4.69) is 10.4 Å². The van der Waals surface area contributed by atoms with Crippen molar-refractivity contribution in [1.82, 2.24) is 10.4 Å². The monoisotopic (exact) mass is 299 g/mol. The zero-order valence-corrected chi connectivity index (χ0v) is 11.6. The second kappa shape index (κ2) is 6.19. The van der Waals surface area contributed by atoms with Crippen molar-refractivity contribution in [3.63, 3.8) is 0 Å². The molecule has 0 bridgehead atoms. The van der Waals surface area contributed by atoms with Crippen molar-refractivity contribution in [2.24, 2.45) is 5.84 Å². The molecule has 2 rings (SSSR count). The second-order valence-corrected chi connectivity index (χ2v) is 5.62. The number of nitrogen functional groups attached to an aromatic ring is 1. The van der Waals surface area contributed by atoms with Gasteiger partial charge in [0.25, 0.3) is 5.91 Å². The van der Waals surface area contributed by atoms with Crippen LogP contribution >= 0.6 is 34.7 Å². The zero-order chi connectivity index (χ0) is 13.0. The van der Waals surface area contributed by atoms with Gasteiger partial charge in [-0.2, -0.15) is 0 Å². The lowest BCUT2D eigenvalue weighted by atomic mass is 10.4. The molecule has 0 radical (unpaired) electrons. The second-order valence-electron chi connectivity index (χ2n) is 3.34. The fourth-order valence-electron chi connectivity index (χ4n) is 1.25. The molecular weight excluding hydrogens is 290 g/mol. The number of hydrogen-bond acceptors (Lipinski definition) is 5. The summed E-state index contributed by atoms with van der Waals surface area (Å²) in [4.78, 5) is 16.4. The summed E-state index contributed by atoms with van der Waals surface area (Å²) in [6, 6.07) is 7.62. The van der Waals surface area contributed by atoms with Crippen LogP contribution in [0.1, 0.15) is 15.5 Å². The lowest BCUT2D eigenvalue weighted by Crippen LogP contribution is -2.29. The Hall–Kier alpha value is -1.08. The largest absolute Gasteiger partial charge is 0.294 e. The third kappa shape index (κ3) is 3.23. The quantitative estimate of drug-likeness (QED) is 0.394. The Labute approximate surface area is 118 Å². The van der Waals surface area contributed by atoms with Crippen LogP contribution in [-0.4, -0.2) is 10.9 Å². The highest BCUT2D eigenvalue weighted by atomic mass is 35.5. The molecule has 3 N–H and O–H groups in total. The maximum atomic E-state index is 11.2. The number of nitrogens with two attached hydrogens (primary N) is 1. The van der Waals surface area contributed by atoms with Crippen molar-refractivity contribution < 1.29 is 4.79 Å². The van der Waals surface area contributed by atoms with Crippen molar-refractivity contribution in [2.45, 2.75) is 10.6 Å². The van der Waals surface area contributed by atoms with Gasteiger partial charge in [0.2, 0.25) is 0 Å². The van der Waals surface area contributed by atoms with Crippen LogP contribution < -0.4 is 11.3 Å². The number of carbonyl (C=O) groups is 1. The molecule has 1 amide bonds. The molecule has 1 aromatic heterocycles. The number of aromatic nitrogens is 1. The number of thiazole rings is 1. The van der Waals surface area contributed by atoms with Gasteiger partial charge in [-0.15, -0.1) is 23.1 Å². The fourth-order valence-corrected chi connectivity index (χ4v) is 3.21. The van der Waals surface area contributed by atoms with E-state index in [9.17, 15) is 4.79 Å². The van der Waals surface area contributed by atoms with E-state index < -0.39 is 0 Å². The summed E-state index contributed by atoms with van der Waals surface area (Å²) in [5, 5.41) is 2.93. The highest BCUT2D eigenvalue weighted by Gasteiger charge is 2.10. The smallest absolute Gasteiger partial charge is 0.288 e. The van der Waals surface area contributed by atoms with Gasteiger partial charge in [-0.25, -0.2) is 10.8 Å². The van der Waals surface area contributed by atoms with E-state index in [0.717, 1.165) is 15.6 Å². The molecule has 18 heavy (non-hydrogen) atoms. The summed E-state index contributed by atoms with van der Waals surface area (Å²) >= 11 is 8.90. The summed E-state index contributed by atoms with van der Waals surface area (Å²) in [5.41, 5.74) is 2.90. The van der Waals surface area contributed by atoms with Crippen molar-refractivity contribution in [1.29, 1.82) is 0 Å². The number of rotatable bonds is 4. The molecule has 0 saturated carbocycles. The molecule has 0 aliphatic heterocycles. The van der Waals surface area contributed by atoms with Crippen molar-refractivity contribution >= 4 is 40.6 Å². The number of hydrogen-bond donors (Lipinski definition) is 2. The number of benzene rings is 1. The third-order valence-electron chi connectivity index (χ3n) is 2.09. The number of amides is 1. The average Bonchev–Trinajstić information content (AvgIpc) is 2.86. The standard InChI is InChI=1S/C11H10ClN3OS2/c12-8-3-1-2-4-9(8)17-5-7-6-18-11(14-7)10(16)15-13/h1-4,6H,5,13H2,(H,15,16). The fraction of sp³-hybridized carbons (Fsp3) is 0.0909. The molecule has 7 heteroatoms. The van der Waals surface area contributed by atoms with E-state index in [1.807, 2.05) is 29.6 Å². The summed E-state index contributed by atoms with van der Waals surface area (Å²) in [5.74, 6) is 5.34. The summed E-state index contributed by atoms with van der Waals surface area (Å²) in [7, 11) is 0. The Morgan fingerprint density at radius 2 is 2.28 bits per heavy atom.